The minimum absolute atomic E-state index is 0.0231. The summed E-state index contributed by atoms with van der Waals surface area (Å²) in [6.45, 7) is 9.40. The normalized spacial score (nSPS) is 18.4. The van der Waals surface area contributed by atoms with Crippen LogP contribution in [0.3, 0.4) is 0 Å². The quantitative estimate of drug-likeness (QED) is 0.679. The number of nitrogens with zero attached hydrogens (tertiary/aromatic N) is 1. The molecule has 0 saturated carbocycles. The lowest BCUT2D eigenvalue weighted by Gasteiger charge is -2.34. The van der Waals surface area contributed by atoms with Gasteiger partial charge in [0.05, 0.1) is 13.2 Å². The Balaban J connectivity index is 1.57. The first-order chi connectivity index (χ1) is 17.2. The summed E-state index contributed by atoms with van der Waals surface area (Å²) in [6, 6.07) is 15.3. The second-order valence-corrected chi connectivity index (χ2v) is 9.58. The van der Waals surface area contributed by atoms with Crippen LogP contribution >= 0.6 is 0 Å². The Labute approximate surface area is 209 Å². The first-order valence-corrected chi connectivity index (χ1v) is 13.2. The van der Waals surface area contributed by atoms with E-state index in [1.807, 2.05) is 18.2 Å². The number of hydrogen-bond acceptors (Lipinski definition) is 5. The van der Waals surface area contributed by atoms with E-state index >= 15 is 0 Å². The molecule has 0 aliphatic carbocycles. The molecular weight excluding hydrogens is 440 g/mol. The van der Waals surface area contributed by atoms with Crippen molar-refractivity contribution in [3.05, 3.63) is 64.7 Å². The summed E-state index contributed by atoms with van der Waals surface area (Å²) in [5, 5.41) is 3.15. The zero-order valence-corrected chi connectivity index (χ0v) is 21.3. The minimum Gasteiger partial charge on any atom is -0.491 e. The molecule has 0 spiro atoms. The monoisotopic (exact) mass is 480 g/mol. The van der Waals surface area contributed by atoms with E-state index in [-0.39, 0.29) is 11.9 Å². The number of ether oxygens (including phenoxy) is 3. The molecule has 1 N–H and O–H groups in total. The summed E-state index contributed by atoms with van der Waals surface area (Å²) >= 11 is 0. The first-order valence-electron chi connectivity index (χ1n) is 13.2. The standard InChI is InChI=1S/C29H40N2O4/c1-3-26(4-2)30-29(32)24-8-9-28-25(20-24)19-22-6-5-7-23(18-22)21-31(12-15-34-16-17-35-28)27-10-13-33-14-11-27/h5-9,18,20,26-27H,3-4,10-17,19,21H2,1-2H3,(H,30,32). The first kappa shape index (κ1) is 25.7. The van der Waals surface area contributed by atoms with Crippen LogP contribution in [0.5, 0.6) is 5.75 Å². The van der Waals surface area contributed by atoms with E-state index in [0.29, 0.717) is 37.8 Å². The fraction of sp³-hybridized carbons (Fsp3) is 0.552. The molecule has 6 heteroatoms. The van der Waals surface area contributed by atoms with E-state index < -0.39 is 0 Å². The highest BCUT2D eigenvalue weighted by Gasteiger charge is 2.22. The molecule has 6 nitrogen and oxygen atoms in total. The molecule has 0 radical (unpaired) electrons. The van der Waals surface area contributed by atoms with Crippen LogP contribution < -0.4 is 10.1 Å². The van der Waals surface area contributed by atoms with Crippen LogP contribution in [0.15, 0.2) is 42.5 Å². The highest BCUT2D eigenvalue weighted by Crippen LogP contribution is 2.25. The zero-order valence-electron chi connectivity index (χ0n) is 21.3. The highest BCUT2D eigenvalue weighted by molar-refractivity contribution is 5.94. The number of carbonyl (C=O) groups is 1. The zero-order chi connectivity index (χ0) is 24.5. The molecule has 2 aliphatic rings. The van der Waals surface area contributed by atoms with Crippen LogP contribution in [0.1, 0.15) is 66.6 Å². The predicted molar refractivity (Wildman–Crippen MR) is 138 cm³/mol. The van der Waals surface area contributed by atoms with Gasteiger partial charge >= 0.3 is 0 Å². The summed E-state index contributed by atoms with van der Waals surface area (Å²) in [5.41, 5.74) is 4.23. The van der Waals surface area contributed by atoms with Crippen molar-refractivity contribution in [3.63, 3.8) is 0 Å². The molecule has 2 aromatic carbocycles. The van der Waals surface area contributed by atoms with Crippen molar-refractivity contribution in [1.29, 1.82) is 0 Å². The molecule has 2 heterocycles. The smallest absolute Gasteiger partial charge is 0.251 e. The largest absolute Gasteiger partial charge is 0.491 e. The van der Waals surface area contributed by atoms with Crippen LogP contribution in [0, 0.1) is 0 Å². The number of hydrogen-bond donors (Lipinski definition) is 1. The Morgan fingerprint density at radius 1 is 0.971 bits per heavy atom. The third kappa shape index (κ3) is 7.29. The van der Waals surface area contributed by atoms with Crippen LogP contribution in [-0.4, -0.2) is 62.5 Å². The van der Waals surface area contributed by atoms with Crippen LogP contribution in [0.4, 0.5) is 0 Å². The number of carbonyl (C=O) groups excluding carboxylic acids is 1. The number of rotatable bonds is 5. The molecule has 2 bridgehead atoms. The second kappa shape index (κ2) is 13.1. The lowest BCUT2D eigenvalue weighted by molar-refractivity contribution is 0.0133. The van der Waals surface area contributed by atoms with Crippen molar-refractivity contribution in [1.82, 2.24) is 10.2 Å². The SMILES string of the molecule is CCC(CC)NC(=O)c1ccc2c(c1)Cc1cccc(c1)CN(C1CCOCC1)CCOCCO2. The molecule has 190 valence electrons. The molecule has 0 unspecified atom stereocenters. The van der Waals surface area contributed by atoms with Crippen molar-refractivity contribution in [2.24, 2.45) is 0 Å². The maximum absolute atomic E-state index is 12.9. The van der Waals surface area contributed by atoms with Gasteiger partial charge in [0, 0.05) is 50.4 Å². The fourth-order valence-corrected chi connectivity index (χ4v) is 4.99. The molecule has 1 saturated heterocycles. The van der Waals surface area contributed by atoms with Gasteiger partial charge in [0.25, 0.3) is 5.91 Å². The van der Waals surface area contributed by atoms with Gasteiger partial charge in [0.15, 0.2) is 0 Å². The Kier molecular flexibility index (Phi) is 9.57. The van der Waals surface area contributed by atoms with Crippen molar-refractivity contribution < 1.29 is 19.0 Å². The van der Waals surface area contributed by atoms with Gasteiger partial charge in [-0.15, -0.1) is 0 Å². The van der Waals surface area contributed by atoms with E-state index in [1.165, 1.54) is 11.1 Å². The lowest BCUT2D eigenvalue weighted by atomic mass is 9.99. The molecule has 2 aliphatic heterocycles. The molecule has 0 aromatic heterocycles. The van der Waals surface area contributed by atoms with Crippen molar-refractivity contribution in [3.8, 4) is 5.75 Å². The van der Waals surface area contributed by atoms with Crippen molar-refractivity contribution >= 4 is 5.91 Å². The van der Waals surface area contributed by atoms with Gasteiger partial charge in [-0.1, -0.05) is 38.1 Å². The maximum atomic E-state index is 12.9. The molecular formula is C29H40N2O4. The molecule has 1 amide bonds. The average molecular weight is 481 g/mol. The molecule has 2 aromatic rings. The predicted octanol–water partition coefficient (Wildman–Crippen LogP) is 4.59. The average Bonchev–Trinajstić information content (AvgIpc) is 2.89. The van der Waals surface area contributed by atoms with E-state index in [0.717, 1.165) is 63.3 Å². The van der Waals surface area contributed by atoms with E-state index in [1.54, 1.807) is 0 Å². The van der Waals surface area contributed by atoms with E-state index in [4.69, 9.17) is 14.2 Å². The van der Waals surface area contributed by atoms with Gasteiger partial charge in [-0.05, 0) is 60.6 Å². The highest BCUT2D eigenvalue weighted by atomic mass is 16.5. The second-order valence-electron chi connectivity index (χ2n) is 9.58. The summed E-state index contributed by atoms with van der Waals surface area (Å²) in [6.07, 6.45) is 4.70. The van der Waals surface area contributed by atoms with Gasteiger partial charge in [-0.3, -0.25) is 9.69 Å². The minimum atomic E-state index is -0.0231. The number of nitrogens with one attached hydrogen (secondary N) is 1. The van der Waals surface area contributed by atoms with Gasteiger partial charge < -0.3 is 19.5 Å². The summed E-state index contributed by atoms with van der Waals surface area (Å²) < 4.78 is 17.6. The third-order valence-electron chi connectivity index (χ3n) is 7.13. The number of benzene rings is 2. The van der Waals surface area contributed by atoms with Crippen LogP contribution in [0.2, 0.25) is 0 Å². The Morgan fingerprint density at radius 2 is 1.74 bits per heavy atom. The molecule has 0 atom stereocenters. The van der Waals surface area contributed by atoms with Gasteiger partial charge in [0.1, 0.15) is 12.4 Å². The summed E-state index contributed by atoms with van der Waals surface area (Å²) in [7, 11) is 0. The van der Waals surface area contributed by atoms with Crippen molar-refractivity contribution in [2.75, 3.05) is 39.6 Å². The number of fused-ring (bicyclic) bond motifs is 3. The van der Waals surface area contributed by atoms with Gasteiger partial charge in [-0.2, -0.15) is 0 Å². The van der Waals surface area contributed by atoms with Crippen molar-refractivity contribution in [2.45, 2.75) is 64.6 Å². The molecule has 35 heavy (non-hydrogen) atoms. The fourth-order valence-electron chi connectivity index (χ4n) is 4.99. The van der Waals surface area contributed by atoms with Crippen LogP contribution in [0.25, 0.3) is 0 Å². The van der Waals surface area contributed by atoms with Gasteiger partial charge in [-0.25, -0.2) is 0 Å². The summed E-state index contributed by atoms with van der Waals surface area (Å²) in [4.78, 5) is 15.4. The Morgan fingerprint density at radius 3 is 2.54 bits per heavy atom. The molecule has 4 rings (SSSR count). The maximum Gasteiger partial charge on any atom is 0.251 e. The number of amides is 1. The summed E-state index contributed by atoms with van der Waals surface area (Å²) in [5.74, 6) is 0.795. The Bertz CT molecular complexity index is 953. The van der Waals surface area contributed by atoms with Crippen LogP contribution in [-0.2, 0) is 22.4 Å². The van der Waals surface area contributed by atoms with E-state index in [9.17, 15) is 4.79 Å². The Hall–Kier alpha value is -2.41. The van der Waals surface area contributed by atoms with E-state index in [2.05, 4.69) is 48.3 Å². The topological polar surface area (TPSA) is 60.0 Å². The van der Waals surface area contributed by atoms with Gasteiger partial charge in [0.2, 0.25) is 0 Å². The third-order valence-corrected chi connectivity index (χ3v) is 7.13. The molecule has 1 fully saturated rings. The lowest BCUT2D eigenvalue weighted by Crippen LogP contribution is -2.41.